The van der Waals surface area contributed by atoms with Crippen molar-refractivity contribution in [2.75, 3.05) is 13.2 Å². The number of hydrogen-bond donors (Lipinski definition) is 2. The number of carbonyl (C=O) groups is 2. The van der Waals surface area contributed by atoms with E-state index in [1.807, 2.05) is 31.2 Å². The molecule has 0 aromatic heterocycles. The molecule has 27 heavy (non-hydrogen) atoms. The van der Waals surface area contributed by atoms with Crippen LogP contribution in [0.15, 0.2) is 35.5 Å². The van der Waals surface area contributed by atoms with Gasteiger partial charge in [0.15, 0.2) is 0 Å². The van der Waals surface area contributed by atoms with Crippen molar-refractivity contribution < 1.29 is 19.1 Å². The second-order valence-corrected chi connectivity index (χ2v) is 6.63. The Morgan fingerprint density at radius 1 is 1.15 bits per heavy atom. The van der Waals surface area contributed by atoms with E-state index in [9.17, 15) is 9.59 Å². The molecule has 148 valence electrons. The van der Waals surface area contributed by atoms with Crippen molar-refractivity contribution in [2.24, 2.45) is 0 Å². The summed E-state index contributed by atoms with van der Waals surface area (Å²) in [6.45, 7) is 6.73. The van der Waals surface area contributed by atoms with Crippen molar-refractivity contribution >= 4 is 12.0 Å². The van der Waals surface area contributed by atoms with Gasteiger partial charge < -0.3 is 20.1 Å². The molecule has 2 N–H and O–H groups in total. The molecule has 6 nitrogen and oxygen atoms in total. The zero-order valence-electron chi connectivity index (χ0n) is 16.5. The normalized spacial score (nSPS) is 16.6. The monoisotopic (exact) mass is 374 g/mol. The van der Waals surface area contributed by atoms with Crippen LogP contribution in [0, 0.1) is 0 Å². The van der Waals surface area contributed by atoms with E-state index in [-0.39, 0.29) is 6.03 Å². The summed E-state index contributed by atoms with van der Waals surface area (Å²) in [5.41, 5.74) is 1.73. The zero-order valence-corrected chi connectivity index (χ0v) is 16.5. The maximum Gasteiger partial charge on any atom is 0.338 e. The number of carbonyl (C=O) groups excluding carboxylic acids is 2. The van der Waals surface area contributed by atoms with Crippen LogP contribution in [0.5, 0.6) is 5.75 Å². The van der Waals surface area contributed by atoms with Gasteiger partial charge in [0.2, 0.25) is 0 Å². The lowest BCUT2D eigenvalue weighted by Crippen LogP contribution is -2.45. The molecule has 0 aliphatic carbocycles. The molecule has 1 heterocycles. The van der Waals surface area contributed by atoms with Crippen LogP contribution in [0.3, 0.4) is 0 Å². The highest BCUT2D eigenvalue weighted by Crippen LogP contribution is 2.29. The van der Waals surface area contributed by atoms with Crippen molar-refractivity contribution in [1.82, 2.24) is 10.6 Å². The van der Waals surface area contributed by atoms with Gasteiger partial charge in [0, 0.05) is 5.70 Å². The molecule has 2 rings (SSSR count). The molecule has 0 saturated heterocycles. The molecule has 0 radical (unpaired) electrons. The third-order valence-corrected chi connectivity index (χ3v) is 4.47. The minimum Gasteiger partial charge on any atom is -0.494 e. The van der Waals surface area contributed by atoms with E-state index in [1.54, 1.807) is 6.92 Å². The summed E-state index contributed by atoms with van der Waals surface area (Å²) in [6.07, 6.45) is 5.43. The number of hydrogen-bond acceptors (Lipinski definition) is 4. The van der Waals surface area contributed by atoms with E-state index in [2.05, 4.69) is 17.6 Å². The zero-order chi connectivity index (χ0) is 19.6. The van der Waals surface area contributed by atoms with Crippen molar-refractivity contribution in [3.05, 3.63) is 41.1 Å². The maximum atomic E-state index is 12.7. The molecule has 1 unspecified atom stereocenters. The lowest BCUT2D eigenvalue weighted by Gasteiger charge is -2.28. The summed E-state index contributed by atoms with van der Waals surface area (Å²) >= 11 is 0. The minimum atomic E-state index is -0.563. The summed E-state index contributed by atoms with van der Waals surface area (Å²) in [5, 5.41) is 5.48. The molecule has 0 fully saturated rings. The Bertz CT molecular complexity index is 685. The molecule has 1 aromatic rings. The molecular formula is C21H30N2O4. The first-order chi connectivity index (χ1) is 13.1. The standard InChI is InChI=1S/C21H30N2O4/c1-4-6-7-8-9-13-27-20(24)18-15(3)22-21(25)23-19(18)16-11-10-12-17(14-16)26-5-2/h10-12,14,19H,4-9,13H2,1-3H3,(H2,22,23,25). The first-order valence-electron chi connectivity index (χ1n) is 9.75. The maximum absolute atomic E-state index is 12.7. The number of nitrogens with one attached hydrogen (secondary N) is 2. The number of rotatable bonds is 10. The average Bonchev–Trinajstić information content (AvgIpc) is 2.64. The van der Waals surface area contributed by atoms with Gasteiger partial charge in [-0.2, -0.15) is 0 Å². The third-order valence-electron chi connectivity index (χ3n) is 4.47. The highest BCUT2D eigenvalue weighted by molar-refractivity contribution is 5.95. The molecule has 1 atom stereocenters. The van der Waals surface area contributed by atoms with E-state index in [0.717, 1.165) is 24.8 Å². The first kappa shape index (κ1) is 20.8. The molecule has 0 spiro atoms. The molecule has 1 aliphatic rings. The molecule has 1 aromatic carbocycles. The van der Waals surface area contributed by atoms with E-state index < -0.39 is 12.0 Å². The SMILES string of the molecule is CCCCCCCOC(=O)C1=C(C)NC(=O)NC1c1cccc(OCC)c1. The lowest BCUT2D eigenvalue weighted by atomic mass is 9.95. The fourth-order valence-electron chi connectivity index (χ4n) is 3.11. The highest BCUT2D eigenvalue weighted by Gasteiger charge is 2.32. The van der Waals surface area contributed by atoms with Gasteiger partial charge in [-0.05, 0) is 38.0 Å². The van der Waals surface area contributed by atoms with E-state index >= 15 is 0 Å². The smallest absolute Gasteiger partial charge is 0.338 e. The predicted molar refractivity (Wildman–Crippen MR) is 104 cm³/mol. The fourth-order valence-corrected chi connectivity index (χ4v) is 3.11. The number of amides is 2. The van der Waals surface area contributed by atoms with Crippen LogP contribution in [0.2, 0.25) is 0 Å². The van der Waals surface area contributed by atoms with Gasteiger partial charge in [0.25, 0.3) is 0 Å². The number of ether oxygens (including phenoxy) is 2. The van der Waals surface area contributed by atoms with Crippen LogP contribution in [-0.2, 0) is 9.53 Å². The highest BCUT2D eigenvalue weighted by atomic mass is 16.5. The van der Waals surface area contributed by atoms with E-state index in [4.69, 9.17) is 9.47 Å². The second kappa shape index (κ2) is 10.6. The Morgan fingerprint density at radius 2 is 1.93 bits per heavy atom. The van der Waals surface area contributed by atoms with Crippen molar-refractivity contribution in [2.45, 2.75) is 58.9 Å². The Morgan fingerprint density at radius 3 is 2.67 bits per heavy atom. The van der Waals surface area contributed by atoms with E-state index in [0.29, 0.717) is 30.2 Å². The molecule has 6 heteroatoms. The fraction of sp³-hybridized carbons (Fsp3) is 0.524. The van der Waals surface area contributed by atoms with Crippen LogP contribution in [0.25, 0.3) is 0 Å². The van der Waals surface area contributed by atoms with Crippen LogP contribution < -0.4 is 15.4 Å². The topological polar surface area (TPSA) is 76.7 Å². The number of esters is 1. The van der Waals surface area contributed by atoms with Crippen molar-refractivity contribution in [3.63, 3.8) is 0 Å². The first-order valence-corrected chi connectivity index (χ1v) is 9.75. The predicted octanol–water partition coefficient (Wildman–Crippen LogP) is 4.23. The van der Waals surface area contributed by atoms with Gasteiger partial charge in [0.05, 0.1) is 24.8 Å². The largest absolute Gasteiger partial charge is 0.494 e. The Hall–Kier alpha value is -2.50. The van der Waals surface area contributed by atoms with Gasteiger partial charge in [-0.1, -0.05) is 44.7 Å². The number of urea groups is 1. The summed E-state index contributed by atoms with van der Waals surface area (Å²) in [7, 11) is 0. The number of allylic oxidation sites excluding steroid dienone is 1. The molecule has 2 amide bonds. The molecular weight excluding hydrogens is 344 g/mol. The van der Waals surface area contributed by atoms with Gasteiger partial charge in [-0.25, -0.2) is 9.59 Å². The van der Waals surface area contributed by atoms with Crippen molar-refractivity contribution in [1.29, 1.82) is 0 Å². The lowest BCUT2D eigenvalue weighted by molar-refractivity contribution is -0.139. The minimum absolute atomic E-state index is 0.338. The summed E-state index contributed by atoms with van der Waals surface area (Å²) in [5.74, 6) is 0.298. The average molecular weight is 374 g/mol. The van der Waals surface area contributed by atoms with Crippen molar-refractivity contribution in [3.8, 4) is 5.75 Å². The summed E-state index contributed by atoms with van der Waals surface area (Å²) in [6, 6.07) is 6.50. The quantitative estimate of drug-likeness (QED) is 0.475. The number of benzene rings is 1. The van der Waals surface area contributed by atoms with Crippen LogP contribution in [0.4, 0.5) is 4.79 Å². The molecule has 0 bridgehead atoms. The Balaban J connectivity index is 2.10. The van der Waals surface area contributed by atoms with Gasteiger partial charge in [-0.3, -0.25) is 0 Å². The van der Waals surface area contributed by atoms with Gasteiger partial charge >= 0.3 is 12.0 Å². The number of unbranched alkanes of at least 4 members (excludes halogenated alkanes) is 4. The van der Waals surface area contributed by atoms with Gasteiger partial charge in [-0.15, -0.1) is 0 Å². The summed E-state index contributed by atoms with van der Waals surface area (Å²) < 4.78 is 11.0. The third kappa shape index (κ3) is 6.01. The Kier molecular flexibility index (Phi) is 8.17. The van der Waals surface area contributed by atoms with Crippen LogP contribution in [0.1, 0.15) is 64.5 Å². The molecule has 1 aliphatic heterocycles. The van der Waals surface area contributed by atoms with Crippen LogP contribution >= 0.6 is 0 Å². The molecule has 0 saturated carbocycles. The van der Waals surface area contributed by atoms with Crippen LogP contribution in [-0.4, -0.2) is 25.2 Å². The second-order valence-electron chi connectivity index (χ2n) is 6.63. The Labute approximate surface area is 161 Å². The van der Waals surface area contributed by atoms with Gasteiger partial charge in [0.1, 0.15) is 5.75 Å². The van der Waals surface area contributed by atoms with E-state index in [1.165, 1.54) is 12.8 Å². The summed E-state index contributed by atoms with van der Waals surface area (Å²) in [4.78, 5) is 24.7.